The molecule has 140 valence electrons. The fraction of sp³-hybridized carbons (Fsp3) is 0.667. The van der Waals surface area contributed by atoms with Crippen LogP contribution in [0.1, 0.15) is 51.0 Å². The average Bonchev–Trinajstić information content (AvgIpc) is 2.90. The Balaban J connectivity index is 1.44. The largest absolute Gasteiger partial charge is 0.432 e. The fourth-order valence-corrected chi connectivity index (χ4v) is 5.57. The van der Waals surface area contributed by atoms with E-state index < -0.39 is 17.7 Å². The van der Waals surface area contributed by atoms with Crippen LogP contribution in [-0.4, -0.2) is 23.6 Å². The SMILES string of the molecule is C[C@@H]1CC[C@H]2CC(=O)O[C@@H]3O[C@]4(CCc5ccccc5)CC[C@@H]1[C@@]23OO4. The van der Waals surface area contributed by atoms with Crippen LogP contribution in [0.15, 0.2) is 30.3 Å². The van der Waals surface area contributed by atoms with Crippen molar-refractivity contribution in [3.8, 4) is 0 Å². The maximum atomic E-state index is 12.2. The molecule has 1 aromatic carbocycles. The molecular formula is C21H26O5. The van der Waals surface area contributed by atoms with E-state index in [9.17, 15) is 4.79 Å². The maximum Gasteiger partial charge on any atom is 0.308 e. The molecule has 1 saturated carbocycles. The minimum Gasteiger partial charge on any atom is -0.432 e. The summed E-state index contributed by atoms with van der Waals surface area (Å²) in [5.74, 6) is -0.0555. The van der Waals surface area contributed by atoms with Crippen LogP contribution in [0.2, 0.25) is 0 Å². The molecule has 5 fully saturated rings. The lowest BCUT2D eigenvalue weighted by Gasteiger charge is -2.56. The number of hydrogen-bond donors (Lipinski definition) is 0. The van der Waals surface area contributed by atoms with E-state index in [0.29, 0.717) is 24.7 Å². The van der Waals surface area contributed by atoms with Gasteiger partial charge in [0.2, 0.25) is 12.1 Å². The Bertz CT molecular complexity index is 687. The van der Waals surface area contributed by atoms with E-state index in [0.717, 1.165) is 32.1 Å². The van der Waals surface area contributed by atoms with E-state index in [2.05, 4.69) is 19.1 Å². The Morgan fingerprint density at radius 1 is 1.12 bits per heavy atom. The molecule has 5 aliphatic rings. The lowest BCUT2D eigenvalue weighted by atomic mass is 9.60. The van der Waals surface area contributed by atoms with Crippen LogP contribution in [0, 0.1) is 17.8 Å². The summed E-state index contributed by atoms with van der Waals surface area (Å²) in [6.07, 6.45) is 5.13. The molecule has 4 saturated heterocycles. The first kappa shape index (κ1) is 16.7. The zero-order valence-electron chi connectivity index (χ0n) is 15.2. The van der Waals surface area contributed by atoms with E-state index in [-0.39, 0.29) is 11.9 Å². The minimum atomic E-state index is -0.828. The standard InChI is InChI=1S/C21H26O5/c1-14-7-8-16-13-18(22)23-19-21(16)17(14)10-12-20(24-19,25-26-21)11-9-15-5-3-2-4-6-15/h2-6,14,16-17,19H,7-13H2,1H3/t14-,16+,17+,19-,20+,21+/m1/s1. The van der Waals surface area contributed by atoms with Crippen molar-refractivity contribution in [1.29, 1.82) is 0 Å². The maximum absolute atomic E-state index is 12.2. The van der Waals surface area contributed by atoms with Gasteiger partial charge in [-0.05, 0) is 37.2 Å². The Morgan fingerprint density at radius 3 is 2.81 bits per heavy atom. The van der Waals surface area contributed by atoms with E-state index in [1.165, 1.54) is 5.56 Å². The predicted octanol–water partition coefficient (Wildman–Crippen LogP) is 3.76. The lowest BCUT2D eigenvalue weighted by molar-refractivity contribution is -0.561. The Morgan fingerprint density at radius 2 is 1.96 bits per heavy atom. The first-order chi connectivity index (χ1) is 12.6. The third kappa shape index (κ3) is 2.44. The van der Waals surface area contributed by atoms with Gasteiger partial charge in [0.25, 0.3) is 0 Å². The van der Waals surface area contributed by atoms with Crippen LogP contribution in [0.25, 0.3) is 0 Å². The van der Waals surface area contributed by atoms with Crippen molar-refractivity contribution >= 4 is 5.97 Å². The summed E-state index contributed by atoms with van der Waals surface area (Å²) in [5.41, 5.74) is 0.612. The highest BCUT2D eigenvalue weighted by atomic mass is 17.3. The third-order valence-corrected chi connectivity index (χ3v) is 7.03. The molecule has 6 atom stereocenters. The Labute approximate surface area is 153 Å². The Kier molecular flexibility index (Phi) is 3.89. The lowest BCUT2D eigenvalue weighted by Crippen LogP contribution is -2.68. The molecule has 5 heteroatoms. The van der Waals surface area contributed by atoms with Crippen molar-refractivity contribution in [2.24, 2.45) is 17.8 Å². The normalized spacial score (nSPS) is 44.1. The molecule has 2 bridgehead atoms. The van der Waals surface area contributed by atoms with Gasteiger partial charge >= 0.3 is 5.97 Å². The molecular weight excluding hydrogens is 332 g/mol. The highest BCUT2D eigenvalue weighted by Gasteiger charge is 2.69. The number of hydrogen-bond acceptors (Lipinski definition) is 5. The highest BCUT2D eigenvalue weighted by Crippen LogP contribution is 2.59. The second-order valence-corrected chi connectivity index (χ2v) is 8.46. The van der Waals surface area contributed by atoms with Gasteiger partial charge in [-0.15, -0.1) is 0 Å². The van der Waals surface area contributed by atoms with E-state index in [1.54, 1.807) is 0 Å². The topological polar surface area (TPSA) is 54.0 Å². The molecule has 1 aromatic rings. The van der Waals surface area contributed by atoms with Gasteiger partial charge in [-0.3, -0.25) is 4.79 Å². The van der Waals surface area contributed by atoms with Gasteiger partial charge < -0.3 is 9.47 Å². The Hall–Kier alpha value is -1.43. The number of fused-ring (bicyclic) bond motifs is 2. The number of ether oxygens (including phenoxy) is 2. The van der Waals surface area contributed by atoms with Crippen molar-refractivity contribution in [3.63, 3.8) is 0 Å². The van der Waals surface area contributed by atoms with E-state index in [4.69, 9.17) is 19.2 Å². The molecule has 6 rings (SSSR count). The first-order valence-corrected chi connectivity index (χ1v) is 9.89. The molecule has 0 unspecified atom stereocenters. The summed E-state index contributed by atoms with van der Waals surface area (Å²) in [6, 6.07) is 10.3. The number of carbonyl (C=O) groups is 1. The number of benzene rings is 1. The smallest absolute Gasteiger partial charge is 0.308 e. The quantitative estimate of drug-likeness (QED) is 0.608. The van der Waals surface area contributed by atoms with Gasteiger partial charge in [0.15, 0.2) is 5.60 Å². The van der Waals surface area contributed by atoms with Crippen LogP contribution < -0.4 is 0 Å². The van der Waals surface area contributed by atoms with E-state index >= 15 is 0 Å². The van der Waals surface area contributed by atoms with Gasteiger partial charge in [0, 0.05) is 24.7 Å². The molecule has 1 spiro atoms. The van der Waals surface area contributed by atoms with Crippen LogP contribution in [-0.2, 0) is 30.5 Å². The summed E-state index contributed by atoms with van der Waals surface area (Å²) in [5, 5.41) is 0. The second-order valence-electron chi connectivity index (χ2n) is 8.46. The minimum absolute atomic E-state index is 0.125. The number of esters is 1. The molecule has 0 amide bonds. The van der Waals surface area contributed by atoms with Crippen LogP contribution in [0.4, 0.5) is 0 Å². The first-order valence-electron chi connectivity index (χ1n) is 9.89. The van der Waals surface area contributed by atoms with Crippen LogP contribution in [0.3, 0.4) is 0 Å². The summed E-state index contributed by atoms with van der Waals surface area (Å²) in [7, 11) is 0. The van der Waals surface area contributed by atoms with Crippen molar-refractivity contribution in [3.05, 3.63) is 35.9 Å². The summed E-state index contributed by atoms with van der Waals surface area (Å²) < 4.78 is 12.1. The highest BCUT2D eigenvalue weighted by molar-refractivity contribution is 5.71. The van der Waals surface area contributed by atoms with Gasteiger partial charge in [0.1, 0.15) is 0 Å². The second kappa shape index (κ2) is 6.04. The summed E-state index contributed by atoms with van der Waals surface area (Å²) >= 11 is 0. The molecule has 5 nitrogen and oxygen atoms in total. The van der Waals surface area contributed by atoms with Crippen LogP contribution >= 0.6 is 0 Å². The summed E-state index contributed by atoms with van der Waals surface area (Å²) in [6.45, 7) is 2.28. The molecule has 4 heterocycles. The number of aryl methyl sites for hydroxylation is 1. The van der Waals surface area contributed by atoms with Crippen LogP contribution in [0.5, 0.6) is 0 Å². The molecule has 4 aliphatic heterocycles. The zero-order valence-corrected chi connectivity index (χ0v) is 15.2. The van der Waals surface area contributed by atoms with Crippen molar-refractivity contribution < 1.29 is 24.0 Å². The van der Waals surface area contributed by atoms with Gasteiger partial charge in [0.05, 0.1) is 6.42 Å². The summed E-state index contributed by atoms with van der Waals surface area (Å²) in [4.78, 5) is 24.3. The van der Waals surface area contributed by atoms with Gasteiger partial charge in [-0.25, -0.2) is 9.78 Å². The molecule has 0 aromatic heterocycles. The molecule has 1 aliphatic carbocycles. The molecule has 0 radical (unpaired) electrons. The molecule has 26 heavy (non-hydrogen) atoms. The predicted molar refractivity (Wildman–Crippen MR) is 92.6 cm³/mol. The zero-order chi connectivity index (χ0) is 17.8. The fourth-order valence-electron chi connectivity index (χ4n) is 5.57. The monoisotopic (exact) mass is 358 g/mol. The van der Waals surface area contributed by atoms with Crippen molar-refractivity contribution in [2.75, 3.05) is 0 Å². The van der Waals surface area contributed by atoms with Crippen molar-refractivity contribution in [1.82, 2.24) is 0 Å². The van der Waals surface area contributed by atoms with Gasteiger partial charge in [-0.1, -0.05) is 37.3 Å². The van der Waals surface area contributed by atoms with E-state index in [1.807, 2.05) is 18.2 Å². The average molecular weight is 358 g/mol. The molecule has 0 N–H and O–H groups in total. The number of rotatable bonds is 3. The third-order valence-electron chi connectivity index (χ3n) is 7.03. The van der Waals surface area contributed by atoms with Crippen molar-refractivity contribution in [2.45, 2.75) is 69.5 Å². The number of carbonyl (C=O) groups excluding carboxylic acids is 1. The van der Waals surface area contributed by atoms with Gasteiger partial charge in [-0.2, -0.15) is 0 Å².